The van der Waals surface area contributed by atoms with Crippen LogP contribution in [-0.2, 0) is 26.3 Å². The third-order valence-corrected chi connectivity index (χ3v) is 8.11. The number of hydrogen-bond acceptors (Lipinski definition) is 7. The summed E-state index contributed by atoms with van der Waals surface area (Å²) in [7, 11) is -4.87. The fraction of sp³-hybridized carbons (Fsp3) is 0.593. The second kappa shape index (κ2) is 12.0. The average Bonchev–Trinajstić information content (AvgIpc) is 2.76. The highest BCUT2D eigenvalue weighted by Crippen LogP contribution is 2.47. The third kappa shape index (κ3) is 6.54. The van der Waals surface area contributed by atoms with Gasteiger partial charge in [0.25, 0.3) is 0 Å². The second-order valence-electron chi connectivity index (χ2n) is 10.2. The lowest BCUT2D eigenvalue weighted by Crippen LogP contribution is -2.66. The number of ether oxygens (including phenoxy) is 2. The highest BCUT2D eigenvalue weighted by Gasteiger charge is 2.56. The predicted molar refractivity (Wildman–Crippen MR) is 139 cm³/mol. The van der Waals surface area contributed by atoms with Crippen molar-refractivity contribution in [3.63, 3.8) is 0 Å². The Morgan fingerprint density at radius 2 is 2.00 bits per heavy atom. The lowest BCUT2D eigenvalue weighted by molar-refractivity contribution is -0.199. The fourth-order valence-corrected chi connectivity index (χ4v) is 6.04. The van der Waals surface area contributed by atoms with E-state index in [4.69, 9.17) is 9.47 Å². The van der Waals surface area contributed by atoms with Gasteiger partial charge in [-0.1, -0.05) is 43.6 Å². The lowest BCUT2D eigenvalue weighted by Gasteiger charge is -2.44. The van der Waals surface area contributed by atoms with Gasteiger partial charge in [-0.15, -0.1) is 0 Å². The summed E-state index contributed by atoms with van der Waals surface area (Å²) in [6.45, 7) is 11.2. The van der Waals surface area contributed by atoms with E-state index >= 15 is 0 Å². The highest BCUT2D eigenvalue weighted by atomic mass is 32.2. The molecule has 0 radical (unpaired) electrons. The topological polar surface area (TPSA) is 134 Å². The Morgan fingerprint density at radius 1 is 1.30 bits per heavy atom. The maximum Gasteiger partial charge on any atom is 0.364 e. The number of carbonyl (C=O) groups is 1. The molecule has 1 heterocycles. The first kappa shape index (κ1) is 29.2. The summed E-state index contributed by atoms with van der Waals surface area (Å²) in [6, 6.07) is 3.63. The molecule has 1 aliphatic carbocycles. The summed E-state index contributed by atoms with van der Waals surface area (Å²) in [5.74, 6) is -1.68. The first-order valence-corrected chi connectivity index (χ1v) is 14.2. The number of aliphatic hydroxyl groups is 1. The van der Waals surface area contributed by atoms with Crippen LogP contribution in [0, 0.1) is 11.8 Å². The smallest absolute Gasteiger partial charge is 0.364 e. The van der Waals surface area contributed by atoms with Crippen LogP contribution in [0.25, 0.3) is 0 Å². The number of phenols is 1. The Bertz CT molecular complexity index is 1140. The summed E-state index contributed by atoms with van der Waals surface area (Å²) in [5.41, 5.74) is 3.69. The van der Waals surface area contributed by atoms with Gasteiger partial charge in [0.05, 0.1) is 6.10 Å². The van der Waals surface area contributed by atoms with Crippen LogP contribution in [0.5, 0.6) is 11.5 Å². The van der Waals surface area contributed by atoms with Gasteiger partial charge in [0.1, 0.15) is 17.4 Å². The van der Waals surface area contributed by atoms with E-state index in [0.29, 0.717) is 11.3 Å². The SMILES string of the molecule is C=C(C)[C@@H]1CCC(C)=C[C@H]1c1c(O)cc(CCCCC)cc1OCOC1[C@@H]([C@@H](C)O)C(=O)N1S(=O)(=O)O. The number of phenolic OH excluding ortho intramolecular Hbond substituents is 1. The zero-order valence-corrected chi connectivity index (χ0v) is 22.8. The number of carbonyl (C=O) groups excluding carboxylic acids is 1. The van der Waals surface area contributed by atoms with Gasteiger partial charge in [0.15, 0.2) is 13.0 Å². The van der Waals surface area contributed by atoms with Gasteiger partial charge in [-0.2, -0.15) is 12.7 Å². The Labute approximate surface area is 219 Å². The summed E-state index contributed by atoms with van der Waals surface area (Å²) < 4.78 is 44.4. The average molecular weight is 538 g/mol. The first-order valence-electron chi connectivity index (χ1n) is 12.8. The van der Waals surface area contributed by atoms with Gasteiger partial charge in [0.2, 0.25) is 5.91 Å². The maximum absolute atomic E-state index is 12.2. The molecule has 1 aromatic carbocycles. The molecule has 10 heteroatoms. The van der Waals surface area contributed by atoms with Gasteiger partial charge in [-0.05, 0) is 70.1 Å². The molecule has 0 bridgehead atoms. The van der Waals surface area contributed by atoms with E-state index in [1.54, 1.807) is 6.07 Å². The molecule has 0 spiro atoms. The number of allylic oxidation sites excluding steroid dienone is 3. The molecule has 3 N–H and O–H groups in total. The number of unbranched alkanes of at least 4 members (excludes halogenated alkanes) is 2. The number of hydrogen-bond donors (Lipinski definition) is 3. The minimum Gasteiger partial charge on any atom is -0.507 e. The third-order valence-electron chi connectivity index (χ3n) is 7.22. The molecular weight excluding hydrogens is 498 g/mol. The molecule has 1 fully saturated rings. The second-order valence-corrected chi connectivity index (χ2v) is 11.5. The molecule has 2 aliphatic rings. The predicted octanol–water partition coefficient (Wildman–Crippen LogP) is 4.46. The molecule has 1 unspecified atom stereocenters. The molecule has 0 aromatic heterocycles. The number of aryl methyl sites for hydroxylation is 1. The fourth-order valence-electron chi connectivity index (χ4n) is 5.24. The molecule has 9 nitrogen and oxygen atoms in total. The number of aromatic hydroxyl groups is 1. The standard InChI is InChI=1S/C27H39NO8S/c1-6-7-8-9-19-13-22(30)25(21-12-17(4)10-11-20(21)16(2)3)23(14-19)35-15-36-27-24(18(5)29)26(31)28(27)37(32,33)34/h12-14,18,20-21,24,27,29-30H,2,6-11,15H2,1,3-5H3,(H,32,33,34)/t18-,20+,21-,24+,27?/m1/s1. The number of benzene rings is 1. The minimum absolute atomic E-state index is 0.0997. The Hall–Kier alpha value is -2.40. The Balaban J connectivity index is 1.91. The normalized spacial score (nSPS) is 24.9. The van der Waals surface area contributed by atoms with Crippen molar-refractivity contribution in [2.45, 2.75) is 84.5 Å². The van der Waals surface area contributed by atoms with E-state index in [0.717, 1.165) is 49.7 Å². The molecular formula is C27H39NO8S. The van der Waals surface area contributed by atoms with Gasteiger partial charge in [0, 0.05) is 11.5 Å². The van der Waals surface area contributed by atoms with Gasteiger partial charge >= 0.3 is 10.3 Å². The van der Waals surface area contributed by atoms with Crippen LogP contribution in [0.1, 0.15) is 76.8 Å². The van der Waals surface area contributed by atoms with Gasteiger partial charge in [-0.25, -0.2) is 0 Å². The van der Waals surface area contributed by atoms with E-state index < -0.39 is 41.3 Å². The van der Waals surface area contributed by atoms with Gasteiger partial charge in [-0.3, -0.25) is 9.35 Å². The first-order chi connectivity index (χ1) is 17.4. The molecule has 206 valence electrons. The van der Waals surface area contributed by atoms with Crippen molar-refractivity contribution in [1.29, 1.82) is 0 Å². The van der Waals surface area contributed by atoms with E-state index in [2.05, 4.69) is 26.5 Å². The molecule has 0 saturated carbocycles. The number of amides is 1. The Morgan fingerprint density at radius 3 is 2.59 bits per heavy atom. The summed E-state index contributed by atoms with van der Waals surface area (Å²) in [4.78, 5) is 12.2. The van der Waals surface area contributed by atoms with E-state index in [9.17, 15) is 28.0 Å². The van der Waals surface area contributed by atoms with Crippen LogP contribution in [0.3, 0.4) is 0 Å². The largest absolute Gasteiger partial charge is 0.507 e. The monoisotopic (exact) mass is 537 g/mol. The molecule has 1 saturated heterocycles. The van der Waals surface area contributed by atoms with Crippen LogP contribution in [0.2, 0.25) is 0 Å². The molecule has 1 amide bonds. The lowest BCUT2D eigenvalue weighted by atomic mass is 9.73. The summed E-state index contributed by atoms with van der Waals surface area (Å²) in [6.07, 6.45) is 5.15. The van der Waals surface area contributed by atoms with Crippen molar-refractivity contribution in [2.24, 2.45) is 11.8 Å². The number of nitrogens with zero attached hydrogens (tertiary/aromatic N) is 1. The van der Waals surface area contributed by atoms with Crippen LogP contribution >= 0.6 is 0 Å². The quantitative estimate of drug-likeness (QED) is 0.117. The molecule has 1 aliphatic heterocycles. The Kier molecular flexibility index (Phi) is 9.44. The van der Waals surface area contributed by atoms with Crippen molar-refractivity contribution in [3.05, 3.63) is 47.1 Å². The summed E-state index contributed by atoms with van der Waals surface area (Å²) >= 11 is 0. The highest BCUT2D eigenvalue weighted by molar-refractivity contribution is 7.84. The molecule has 5 atom stereocenters. The van der Waals surface area contributed by atoms with Crippen LogP contribution in [0.15, 0.2) is 35.9 Å². The van der Waals surface area contributed by atoms with Gasteiger partial charge < -0.3 is 19.7 Å². The van der Waals surface area contributed by atoms with E-state index in [1.807, 2.05) is 13.0 Å². The van der Waals surface area contributed by atoms with Crippen LogP contribution in [0.4, 0.5) is 0 Å². The molecule has 37 heavy (non-hydrogen) atoms. The van der Waals surface area contributed by atoms with E-state index in [-0.39, 0.29) is 21.9 Å². The number of aliphatic hydroxyl groups excluding tert-OH is 1. The van der Waals surface area contributed by atoms with Crippen molar-refractivity contribution >= 4 is 16.2 Å². The maximum atomic E-state index is 12.2. The molecule has 1 aromatic rings. The zero-order chi connectivity index (χ0) is 27.5. The van der Waals surface area contributed by atoms with E-state index in [1.165, 1.54) is 12.5 Å². The minimum atomic E-state index is -4.87. The van der Waals surface area contributed by atoms with Crippen LogP contribution < -0.4 is 4.74 Å². The summed E-state index contributed by atoms with van der Waals surface area (Å²) in [5, 5.41) is 21.1. The number of rotatable bonds is 12. The van der Waals surface area contributed by atoms with Crippen LogP contribution in [-0.4, -0.2) is 52.5 Å². The number of β-lactam (4-membered cyclic amide) rings is 1. The molecule has 3 rings (SSSR count). The van der Waals surface area contributed by atoms with Crippen molar-refractivity contribution in [1.82, 2.24) is 4.31 Å². The van der Waals surface area contributed by atoms with Crippen molar-refractivity contribution < 1.29 is 37.5 Å². The van der Waals surface area contributed by atoms with Crippen molar-refractivity contribution in [3.8, 4) is 11.5 Å². The van der Waals surface area contributed by atoms with Crippen molar-refractivity contribution in [2.75, 3.05) is 6.79 Å². The zero-order valence-electron chi connectivity index (χ0n) is 22.0.